The molecule has 3 rings (SSSR count). The summed E-state index contributed by atoms with van der Waals surface area (Å²) in [6, 6.07) is 11.7. The average Bonchev–Trinajstić information content (AvgIpc) is 3.06. The van der Waals surface area contributed by atoms with E-state index in [4.69, 9.17) is 14.6 Å². The Kier molecular flexibility index (Phi) is 5.90. The summed E-state index contributed by atoms with van der Waals surface area (Å²) in [6.07, 6.45) is -0.587. The number of aliphatic carboxylic acids is 1. The number of hydrogen-bond acceptors (Lipinski definition) is 5. The molecule has 1 atom stereocenters. The van der Waals surface area contributed by atoms with Gasteiger partial charge >= 0.3 is 5.97 Å². The highest BCUT2D eigenvalue weighted by atomic mass is 32.1. The van der Waals surface area contributed by atoms with Crippen LogP contribution in [0.2, 0.25) is 0 Å². The van der Waals surface area contributed by atoms with Crippen LogP contribution in [0.3, 0.4) is 0 Å². The van der Waals surface area contributed by atoms with Crippen molar-refractivity contribution in [2.45, 2.75) is 19.4 Å². The quantitative estimate of drug-likeness (QED) is 0.839. The zero-order valence-corrected chi connectivity index (χ0v) is 15.3. The molecule has 0 radical (unpaired) electrons. The molecule has 6 nitrogen and oxygen atoms in total. The Bertz CT molecular complexity index is 773. The molecule has 0 spiro atoms. The lowest BCUT2D eigenvalue weighted by Gasteiger charge is -2.32. The van der Waals surface area contributed by atoms with E-state index in [-0.39, 0.29) is 18.9 Å². The van der Waals surface area contributed by atoms with Gasteiger partial charge in [0.25, 0.3) is 5.91 Å². The Hall–Kier alpha value is -2.38. The third-order valence-electron chi connectivity index (χ3n) is 4.08. The van der Waals surface area contributed by atoms with E-state index < -0.39 is 12.1 Å². The van der Waals surface area contributed by atoms with Crippen LogP contribution in [0.15, 0.2) is 36.4 Å². The fourth-order valence-corrected chi connectivity index (χ4v) is 3.97. The molecule has 26 heavy (non-hydrogen) atoms. The lowest BCUT2D eigenvalue weighted by Crippen LogP contribution is -2.46. The van der Waals surface area contributed by atoms with Crippen molar-refractivity contribution in [1.29, 1.82) is 0 Å². The highest BCUT2D eigenvalue weighted by Gasteiger charge is 2.29. The van der Waals surface area contributed by atoms with Crippen LogP contribution in [0.5, 0.6) is 5.75 Å². The van der Waals surface area contributed by atoms with Crippen molar-refractivity contribution in [3.63, 3.8) is 0 Å². The minimum atomic E-state index is -0.929. The summed E-state index contributed by atoms with van der Waals surface area (Å²) in [7, 11) is 0. The first-order valence-corrected chi connectivity index (χ1v) is 9.35. The number of rotatable bonds is 6. The molecule has 7 heteroatoms. The van der Waals surface area contributed by atoms with E-state index in [1.807, 2.05) is 43.3 Å². The van der Waals surface area contributed by atoms with E-state index >= 15 is 0 Å². The molecule has 1 amide bonds. The molecule has 1 aliphatic rings. The third kappa shape index (κ3) is 4.23. The van der Waals surface area contributed by atoms with Gasteiger partial charge in [0.2, 0.25) is 0 Å². The predicted molar refractivity (Wildman–Crippen MR) is 98.8 cm³/mol. The predicted octanol–water partition coefficient (Wildman–Crippen LogP) is 3.13. The minimum Gasteiger partial charge on any atom is -0.492 e. The molecule has 1 N–H and O–H groups in total. The van der Waals surface area contributed by atoms with Crippen molar-refractivity contribution in [1.82, 2.24) is 4.90 Å². The second-order valence-electron chi connectivity index (χ2n) is 5.94. The first-order chi connectivity index (χ1) is 12.6. The van der Waals surface area contributed by atoms with Gasteiger partial charge in [-0.25, -0.2) is 0 Å². The Morgan fingerprint density at radius 3 is 2.81 bits per heavy atom. The van der Waals surface area contributed by atoms with Gasteiger partial charge in [-0.2, -0.15) is 0 Å². The van der Waals surface area contributed by atoms with Crippen molar-refractivity contribution >= 4 is 23.2 Å². The van der Waals surface area contributed by atoms with Crippen molar-refractivity contribution < 1.29 is 24.2 Å². The van der Waals surface area contributed by atoms with Crippen LogP contribution in [0, 0.1) is 0 Å². The summed E-state index contributed by atoms with van der Waals surface area (Å²) in [6.45, 7) is 3.40. The first kappa shape index (κ1) is 18.4. The normalized spacial score (nSPS) is 17.1. The van der Waals surface area contributed by atoms with E-state index in [0.29, 0.717) is 30.4 Å². The standard InChI is InChI=1S/C19H21NO5S/c1-2-24-15-11-16(13-6-4-3-5-7-13)26-18(15)19(23)20-8-9-25-14(12-20)10-17(21)22/h3-7,11,14H,2,8-10,12H2,1H3,(H,21,22). The van der Waals surface area contributed by atoms with Crippen LogP contribution < -0.4 is 4.74 Å². The molecule has 0 aliphatic carbocycles. The molecule has 1 fully saturated rings. The van der Waals surface area contributed by atoms with Gasteiger partial charge in [-0.15, -0.1) is 11.3 Å². The van der Waals surface area contributed by atoms with Gasteiger partial charge in [0.1, 0.15) is 10.6 Å². The fourth-order valence-electron chi connectivity index (χ4n) is 2.90. The Balaban J connectivity index is 1.83. The molecule has 2 aromatic rings. The van der Waals surface area contributed by atoms with Crippen molar-refractivity contribution in [3.8, 4) is 16.2 Å². The van der Waals surface area contributed by atoms with E-state index in [1.54, 1.807) is 4.90 Å². The van der Waals surface area contributed by atoms with Crippen LogP contribution in [-0.2, 0) is 9.53 Å². The maximum Gasteiger partial charge on any atom is 0.306 e. The van der Waals surface area contributed by atoms with Gasteiger partial charge in [0.05, 0.1) is 25.7 Å². The lowest BCUT2D eigenvalue weighted by molar-refractivity contribution is -0.141. The minimum absolute atomic E-state index is 0.109. The number of benzene rings is 1. The highest BCUT2D eigenvalue weighted by molar-refractivity contribution is 7.17. The summed E-state index contributed by atoms with van der Waals surface area (Å²) in [5, 5.41) is 8.95. The Labute approximate surface area is 156 Å². The number of carbonyl (C=O) groups excluding carboxylic acids is 1. The maximum atomic E-state index is 13.0. The number of hydrogen-bond donors (Lipinski definition) is 1. The summed E-state index contributed by atoms with van der Waals surface area (Å²) < 4.78 is 11.1. The topological polar surface area (TPSA) is 76.1 Å². The van der Waals surface area contributed by atoms with E-state index in [1.165, 1.54) is 11.3 Å². The molecule has 1 saturated heterocycles. The summed E-state index contributed by atoms with van der Waals surface area (Å²) >= 11 is 1.40. The van der Waals surface area contributed by atoms with Gasteiger partial charge in [-0.1, -0.05) is 30.3 Å². The fraction of sp³-hybridized carbons (Fsp3) is 0.368. The first-order valence-electron chi connectivity index (χ1n) is 8.53. The van der Waals surface area contributed by atoms with Gasteiger partial charge in [-0.3, -0.25) is 9.59 Å². The summed E-state index contributed by atoms with van der Waals surface area (Å²) in [4.78, 5) is 27.1. The monoisotopic (exact) mass is 375 g/mol. The highest BCUT2D eigenvalue weighted by Crippen LogP contribution is 2.37. The van der Waals surface area contributed by atoms with Crippen LogP contribution in [0.4, 0.5) is 0 Å². The second kappa shape index (κ2) is 8.33. The van der Waals surface area contributed by atoms with E-state index in [9.17, 15) is 9.59 Å². The number of carboxylic acid groups (broad SMARTS) is 1. The number of carbonyl (C=O) groups is 2. The molecular formula is C19H21NO5S. The molecule has 0 bridgehead atoms. The summed E-state index contributed by atoms with van der Waals surface area (Å²) in [5.41, 5.74) is 1.03. The molecule has 138 valence electrons. The van der Waals surface area contributed by atoms with Gasteiger partial charge in [0.15, 0.2) is 0 Å². The molecular weight excluding hydrogens is 354 g/mol. The second-order valence-corrected chi connectivity index (χ2v) is 7.00. The number of nitrogens with zero attached hydrogens (tertiary/aromatic N) is 1. The van der Waals surface area contributed by atoms with Gasteiger partial charge < -0.3 is 19.5 Å². The molecule has 1 aromatic heterocycles. The molecule has 1 aromatic carbocycles. The maximum absolute atomic E-state index is 13.0. The van der Waals surface area contributed by atoms with Crippen molar-refractivity contribution in [2.75, 3.05) is 26.3 Å². The smallest absolute Gasteiger partial charge is 0.306 e. The number of carboxylic acids is 1. The van der Waals surface area contributed by atoms with Gasteiger partial charge in [-0.05, 0) is 18.6 Å². The number of ether oxygens (including phenoxy) is 2. The zero-order chi connectivity index (χ0) is 18.5. The average molecular weight is 375 g/mol. The Morgan fingerprint density at radius 2 is 2.12 bits per heavy atom. The molecule has 0 saturated carbocycles. The van der Waals surface area contributed by atoms with Crippen LogP contribution in [0.1, 0.15) is 23.0 Å². The van der Waals surface area contributed by atoms with Crippen LogP contribution in [0.25, 0.3) is 10.4 Å². The van der Waals surface area contributed by atoms with Gasteiger partial charge in [0, 0.05) is 18.0 Å². The van der Waals surface area contributed by atoms with Crippen LogP contribution >= 0.6 is 11.3 Å². The number of morpholine rings is 1. The molecule has 1 unspecified atom stereocenters. The number of amides is 1. The number of thiophene rings is 1. The van der Waals surface area contributed by atoms with Crippen LogP contribution in [-0.4, -0.2) is 54.3 Å². The van der Waals surface area contributed by atoms with Crippen molar-refractivity contribution in [3.05, 3.63) is 41.3 Å². The molecule has 1 aliphatic heterocycles. The third-order valence-corrected chi connectivity index (χ3v) is 5.23. The lowest BCUT2D eigenvalue weighted by atomic mass is 10.2. The SMILES string of the molecule is CCOc1cc(-c2ccccc2)sc1C(=O)N1CCOC(CC(=O)O)C1. The van der Waals surface area contributed by atoms with Crippen molar-refractivity contribution in [2.24, 2.45) is 0 Å². The largest absolute Gasteiger partial charge is 0.492 e. The summed E-state index contributed by atoms with van der Waals surface area (Å²) in [5.74, 6) is -0.497. The Morgan fingerprint density at radius 1 is 1.35 bits per heavy atom. The zero-order valence-electron chi connectivity index (χ0n) is 14.5. The van der Waals surface area contributed by atoms with E-state index in [2.05, 4.69) is 0 Å². The molecule has 2 heterocycles. The van der Waals surface area contributed by atoms with E-state index in [0.717, 1.165) is 10.4 Å².